The molecule has 0 saturated heterocycles. The van der Waals surface area contributed by atoms with Gasteiger partial charge >= 0.3 is 0 Å². The molecule has 0 atom stereocenters. The summed E-state index contributed by atoms with van der Waals surface area (Å²) in [5.41, 5.74) is 3.23. The van der Waals surface area contributed by atoms with Crippen LogP contribution in [0, 0.1) is 12.7 Å². The van der Waals surface area contributed by atoms with Gasteiger partial charge in [-0.25, -0.2) is 0 Å². The SMILES string of the molecule is CC(=O)CC(C)=O.CN1[CH-]N2c3[c-]cccc3Oc3cccc1c32.[Ir]. The van der Waals surface area contributed by atoms with Gasteiger partial charge in [0.15, 0.2) is 0 Å². The van der Waals surface area contributed by atoms with Crippen molar-refractivity contribution < 1.29 is 34.4 Å². The number of benzene rings is 2. The molecule has 0 aliphatic carbocycles. The van der Waals surface area contributed by atoms with Crippen LogP contribution < -0.4 is 14.5 Å². The molecule has 2 aromatic rings. The fraction of sp³-hybridized carbons (Fsp3) is 0.211. The summed E-state index contributed by atoms with van der Waals surface area (Å²) in [6, 6.07) is 15.1. The number of anilines is 3. The molecule has 0 fully saturated rings. The Hall–Kier alpha value is -2.17. The van der Waals surface area contributed by atoms with Crippen molar-refractivity contribution in [1.82, 2.24) is 0 Å². The van der Waals surface area contributed by atoms with Crippen LogP contribution in [0.15, 0.2) is 36.4 Å². The van der Waals surface area contributed by atoms with Crippen LogP contribution in [-0.2, 0) is 29.7 Å². The molecular formula is C19H18IrN2O3-2. The van der Waals surface area contributed by atoms with E-state index in [1.165, 1.54) is 13.8 Å². The standard InChI is InChI=1S/C14H10N2O.C5H8O2.Ir/c1-15-9-16-10-5-2-3-7-12(10)17-13-8-4-6-11(15)14(13)16;1-4(6)3-5(2)7;/h2-4,6-9H,1H3;3H2,1-2H3;/q-2;;. The van der Waals surface area contributed by atoms with Crippen LogP contribution in [-0.4, -0.2) is 18.6 Å². The number of fused-ring (bicyclic) bond motifs is 2. The number of hydrogen-bond acceptors (Lipinski definition) is 5. The third-order valence-electron chi connectivity index (χ3n) is 3.64. The van der Waals surface area contributed by atoms with Gasteiger partial charge in [-0.2, -0.15) is 24.9 Å². The van der Waals surface area contributed by atoms with E-state index in [1.54, 1.807) is 0 Å². The van der Waals surface area contributed by atoms with Gasteiger partial charge in [0, 0.05) is 31.5 Å². The van der Waals surface area contributed by atoms with Crippen LogP contribution in [0.3, 0.4) is 0 Å². The van der Waals surface area contributed by atoms with E-state index < -0.39 is 0 Å². The summed E-state index contributed by atoms with van der Waals surface area (Å²) in [5, 5.41) is 0. The first-order valence-electron chi connectivity index (χ1n) is 7.65. The molecule has 2 aliphatic rings. The number of hydrogen-bond donors (Lipinski definition) is 0. The maximum atomic E-state index is 10.0. The minimum atomic E-state index is -0.0625. The van der Waals surface area contributed by atoms with Crippen molar-refractivity contribution in [3.63, 3.8) is 0 Å². The Bertz CT molecular complexity index is 795. The van der Waals surface area contributed by atoms with Crippen molar-refractivity contribution >= 4 is 28.6 Å². The maximum absolute atomic E-state index is 10.0. The number of para-hydroxylation sites is 2. The molecule has 2 heterocycles. The molecule has 0 N–H and O–H groups in total. The molecule has 1 radical (unpaired) electrons. The van der Waals surface area contributed by atoms with Gasteiger partial charge in [-0.3, -0.25) is 9.59 Å². The Labute approximate surface area is 160 Å². The molecule has 5 nitrogen and oxygen atoms in total. The zero-order valence-electron chi connectivity index (χ0n) is 14.2. The summed E-state index contributed by atoms with van der Waals surface area (Å²) in [4.78, 5) is 24.3. The van der Waals surface area contributed by atoms with Gasteiger partial charge in [0.1, 0.15) is 17.3 Å². The summed E-state index contributed by atoms with van der Waals surface area (Å²) in [6.45, 7) is 4.87. The van der Waals surface area contributed by atoms with E-state index in [2.05, 4.69) is 28.6 Å². The average Bonchev–Trinajstić information content (AvgIpc) is 2.86. The molecule has 0 amide bonds. The molecular weight excluding hydrogens is 496 g/mol. The van der Waals surface area contributed by atoms with Crippen LogP contribution in [0.25, 0.3) is 0 Å². The quantitative estimate of drug-likeness (QED) is 0.450. The number of rotatable bonds is 2. The monoisotopic (exact) mass is 515 g/mol. The summed E-state index contributed by atoms with van der Waals surface area (Å²) >= 11 is 0. The minimum Gasteiger partial charge on any atom is -0.513 e. The van der Waals surface area contributed by atoms with Crippen LogP contribution >= 0.6 is 0 Å². The minimum absolute atomic E-state index is 0. The number of ketones is 2. The van der Waals surface area contributed by atoms with E-state index in [0.717, 1.165) is 28.6 Å². The van der Waals surface area contributed by atoms with Gasteiger partial charge in [-0.15, -0.1) is 6.07 Å². The second-order valence-corrected chi connectivity index (χ2v) is 5.79. The normalized spacial score (nSPS) is 12.8. The average molecular weight is 515 g/mol. The van der Waals surface area contributed by atoms with E-state index in [-0.39, 0.29) is 38.1 Å². The zero-order valence-corrected chi connectivity index (χ0v) is 16.6. The second-order valence-electron chi connectivity index (χ2n) is 5.79. The third-order valence-corrected chi connectivity index (χ3v) is 3.64. The van der Waals surface area contributed by atoms with Gasteiger partial charge < -0.3 is 14.5 Å². The second kappa shape index (κ2) is 7.81. The molecule has 0 unspecified atom stereocenters. The number of ether oxygens (including phenoxy) is 1. The number of carbonyl (C=O) groups is 2. The Morgan fingerprint density at radius 3 is 2.44 bits per heavy atom. The van der Waals surface area contributed by atoms with E-state index in [9.17, 15) is 9.59 Å². The Kier molecular flexibility index (Phi) is 5.98. The van der Waals surface area contributed by atoms with Crippen molar-refractivity contribution in [2.45, 2.75) is 20.3 Å². The Morgan fingerprint density at radius 2 is 1.80 bits per heavy atom. The van der Waals surface area contributed by atoms with E-state index in [0.29, 0.717) is 0 Å². The Morgan fingerprint density at radius 1 is 1.12 bits per heavy atom. The van der Waals surface area contributed by atoms with Crippen molar-refractivity contribution in [2.24, 2.45) is 0 Å². The molecule has 0 bridgehead atoms. The third kappa shape index (κ3) is 3.91. The van der Waals surface area contributed by atoms with Crippen LogP contribution in [0.4, 0.5) is 17.1 Å². The van der Waals surface area contributed by atoms with E-state index in [1.807, 2.05) is 37.4 Å². The fourth-order valence-corrected chi connectivity index (χ4v) is 2.73. The first-order valence-corrected chi connectivity index (χ1v) is 7.65. The largest absolute Gasteiger partial charge is 0.513 e. The zero-order chi connectivity index (χ0) is 17.3. The van der Waals surface area contributed by atoms with Crippen molar-refractivity contribution in [3.05, 3.63) is 49.1 Å². The van der Waals surface area contributed by atoms with Crippen LogP contribution in [0.1, 0.15) is 20.3 Å². The van der Waals surface area contributed by atoms with E-state index in [4.69, 9.17) is 4.74 Å². The van der Waals surface area contributed by atoms with Gasteiger partial charge in [0.05, 0.1) is 12.1 Å². The fourth-order valence-electron chi connectivity index (χ4n) is 2.73. The van der Waals surface area contributed by atoms with Crippen molar-refractivity contribution in [1.29, 1.82) is 0 Å². The summed E-state index contributed by atoms with van der Waals surface area (Å²) < 4.78 is 5.90. The first-order chi connectivity index (χ1) is 11.5. The molecule has 0 saturated carbocycles. The number of nitrogens with zero attached hydrogens (tertiary/aromatic N) is 2. The summed E-state index contributed by atoms with van der Waals surface area (Å²) in [7, 11) is 2.04. The predicted octanol–water partition coefficient (Wildman–Crippen LogP) is 3.85. The van der Waals surface area contributed by atoms with Crippen molar-refractivity contribution in [3.8, 4) is 11.5 Å². The van der Waals surface area contributed by atoms with Crippen LogP contribution in [0.2, 0.25) is 0 Å². The summed E-state index contributed by atoms with van der Waals surface area (Å²) in [6.07, 6.45) is 0.0833. The van der Waals surface area contributed by atoms with Gasteiger partial charge in [0.2, 0.25) is 0 Å². The number of carbonyl (C=O) groups excluding carboxylic acids is 2. The molecule has 25 heavy (non-hydrogen) atoms. The first kappa shape index (κ1) is 19.2. The molecule has 2 aliphatic heterocycles. The number of Topliss-reactive ketones (excluding diaryl/α,β-unsaturated/α-hetero) is 2. The molecule has 0 spiro atoms. The Balaban J connectivity index is 0.000000246. The molecule has 0 aromatic heterocycles. The maximum Gasteiger partial charge on any atom is 0.137 e. The molecule has 2 aromatic carbocycles. The molecule has 4 rings (SSSR count). The predicted molar refractivity (Wildman–Crippen MR) is 92.6 cm³/mol. The van der Waals surface area contributed by atoms with Crippen molar-refractivity contribution in [2.75, 3.05) is 16.8 Å². The summed E-state index contributed by atoms with van der Waals surface area (Å²) in [5.74, 6) is 1.62. The van der Waals surface area contributed by atoms with Gasteiger partial charge in [0.25, 0.3) is 0 Å². The smallest absolute Gasteiger partial charge is 0.137 e. The van der Waals surface area contributed by atoms with Crippen LogP contribution in [0.5, 0.6) is 11.5 Å². The van der Waals surface area contributed by atoms with E-state index >= 15 is 0 Å². The van der Waals surface area contributed by atoms with Gasteiger partial charge in [-0.1, -0.05) is 11.8 Å². The topological polar surface area (TPSA) is 49.9 Å². The molecule has 6 heteroatoms. The molecule has 133 valence electrons. The van der Waals surface area contributed by atoms with Gasteiger partial charge in [-0.05, 0) is 33.0 Å².